The first-order valence-electron chi connectivity index (χ1n) is 8.52. The Labute approximate surface area is 164 Å². The van der Waals surface area contributed by atoms with E-state index in [9.17, 15) is 9.90 Å². The van der Waals surface area contributed by atoms with Crippen LogP contribution in [0.1, 0.15) is 16.0 Å². The first kappa shape index (κ1) is 16.6. The van der Waals surface area contributed by atoms with Crippen molar-refractivity contribution >= 4 is 45.4 Å². The number of rotatable bonds is 3. The number of hydrogen-bond donors (Lipinski definition) is 2. The summed E-state index contributed by atoms with van der Waals surface area (Å²) in [6.07, 6.45) is 1.71. The lowest BCUT2D eigenvalue weighted by Gasteiger charge is -2.23. The van der Waals surface area contributed by atoms with Crippen LogP contribution in [0.3, 0.4) is 0 Å². The zero-order valence-electron chi connectivity index (χ0n) is 14.1. The molecule has 0 aliphatic carbocycles. The van der Waals surface area contributed by atoms with Crippen molar-refractivity contribution in [2.45, 2.75) is 12.1 Å². The second kappa shape index (κ2) is 5.96. The number of nitrogens with zero attached hydrogens (tertiary/aromatic N) is 1. The summed E-state index contributed by atoms with van der Waals surface area (Å²) in [5, 5.41) is 15.0. The Morgan fingerprint density at radius 1 is 1.11 bits per heavy atom. The predicted octanol–water partition coefficient (Wildman–Crippen LogP) is 4.67. The number of amides is 1. The fraction of sp³-hybridized carbons (Fsp3) is 0.0952. The van der Waals surface area contributed by atoms with Crippen molar-refractivity contribution in [2.24, 2.45) is 0 Å². The number of para-hydroxylation sites is 1. The maximum atomic E-state index is 13.5. The van der Waals surface area contributed by atoms with Gasteiger partial charge in [0.25, 0.3) is 5.91 Å². The molecule has 5 rings (SSSR count). The average molecular weight is 395 g/mol. The number of benzene rings is 2. The molecule has 134 valence electrons. The lowest BCUT2D eigenvalue weighted by Crippen LogP contribution is -2.40. The van der Waals surface area contributed by atoms with Crippen molar-refractivity contribution in [3.8, 4) is 0 Å². The van der Waals surface area contributed by atoms with E-state index in [1.54, 1.807) is 40.6 Å². The number of aromatic amines is 1. The van der Waals surface area contributed by atoms with Gasteiger partial charge in [0, 0.05) is 38.1 Å². The van der Waals surface area contributed by atoms with Gasteiger partial charge in [0.2, 0.25) is 0 Å². The van der Waals surface area contributed by atoms with Crippen LogP contribution in [0.2, 0.25) is 5.02 Å². The zero-order valence-corrected chi connectivity index (χ0v) is 15.7. The predicted molar refractivity (Wildman–Crippen MR) is 108 cm³/mol. The monoisotopic (exact) mass is 394 g/mol. The smallest absolute Gasteiger partial charge is 0.268 e. The highest BCUT2D eigenvalue weighted by molar-refractivity contribution is 7.09. The van der Waals surface area contributed by atoms with E-state index in [4.69, 9.17) is 11.6 Å². The van der Waals surface area contributed by atoms with E-state index < -0.39 is 5.60 Å². The maximum Gasteiger partial charge on any atom is 0.268 e. The highest BCUT2D eigenvalue weighted by Crippen LogP contribution is 2.47. The van der Waals surface area contributed by atoms with E-state index >= 15 is 0 Å². The molecule has 2 aromatic carbocycles. The molecule has 0 fully saturated rings. The fourth-order valence-corrected chi connectivity index (χ4v) is 4.66. The highest BCUT2D eigenvalue weighted by atomic mass is 35.5. The molecule has 6 heteroatoms. The molecule has 1 aliphatic rings. The second-order valence-electron chi connectivity index (χ2n) is 6.59. The number of nitrogens with one attached hydrogen (secondary N) is 1. The second-order valence-corrected chi connectivity index (χ2v) is 8.06. The van der Waals surface area contributed by atoms with Gasteiger partial charge in [-0.25, -0.2) is 0 Å². The molecule has 3 heterocycles. The molecular weight excluding hydrogens is 380 g/mol. The van der Waals surface area contributed by atoms with Crippen molar-refractivity contribution in [3.63, 3.8) is 0 Å². The van der Waals surface area contributed by atoms with Crippen LogP contribution in [0.5, 0.6) is 0 Å². The lowest BCUT2D eigenvalue weighted by atomic mass is 9.87. The maximum absolute atomic E-state index is 13.5. The molecule has 0 bridgehead atoms. The third-order valence-corrected chi connectivity index (χ3v) is 6.16. The number of halogens is 1. The van der Waals surface area contributed by atoms with Crippen LogP contribution in [0.15, 0.2) is 66.2 Å². The number of carbonyl (C=O) groups is 1. The molecule has 0 spiro atoms. The molecular formula is C21H15ClN2O2S. The van der Waals surface area contributed by atoms with Gasteiger partial charge in [0.15, 0.2) is 5.60 Å². The van der Waals surface area contributed by atoms with Crippen LogP contribution in [-0.2, 0) is 16.9 Å². The summed E-state index contributed by atoms with van der Waals surface area (Å²) in [7, 11) is 0. The van der Waals surface area contributed by atoms with Crippen LogP contribution in [0.4, 0.5) is 5.69 Å². The molecule has 1 aliphatic heterocycles. The molecule has 1 amide bonds. The third-order valence-electron chi connectivity index (χ3n) is 5.07. The molecule has 0 saturated carbocycles. The first-order valence-corrected chi connectivity index (χ1v) is 9.78. The van der Waals surface area contributed by atoms with Gasteiger partial charge in [0.1, 0.15) is 0 Å². The van der Waals surface area contributed by atoms with Crippen LogP contribution < -0.4 is 4.90 Å². The molecule has 0 radical (unpaired) electrons. The van der Waals surface area contributed by atoms with Crippen molar-refractivity contribution in [1.29, 1.82) is 0 Å². The van der Waals surface area contributed by atoms with Gasteiger partial charge in [-0.2, -0.15) is 0 Å². The molecule has 4 aromatic rings. The summed E-state index contributed by atoms with van der Waals surface area (Å²) in [6, 6.07) is 16.8. The topological polar surface area (TPSA) is 56.3 Å². The molecule has 27 heavy (non-hydrogen) atoms. The summed E-state index contributed by atoms with van der Waals surface area (Å²) in [6.45, 7) is 0.412. The van der Waals surface area contributed by atoms with E-state index in [-0.39, 0.29) is 5.91 Å². The molecule has 4 nitrogen and oxygen atoms in total. The minimum Gasteiger partial charge on any atom is -0.372 e. The summed E-state index contributed by atoms with van der Waals surface area (Å²) >= 11 is 7.80. The Kier molecular flexibility index (Phi) is 3.65. The van der Waals surface area contributed by atoms with E-state index in [0.717, 1.165) is 15.8 Å². The number of anilines is 1. The largest absolute Gasteiger partial charge is 0.372 e. The Balaban J connectivity index is 1.73. The number of aliphatic hydroxyl groups is 1. The average Bonchev–Trinajstić information content (AvgIpc) is 3.38. The van der Waals surface area contributed by atoms with Gasteiger partial charge in [-0.3, -0.25) is 4.79 Å². The van der Waals surface area contributed by atoms with Crippen LogP contribution in [-0.4, -0.2) is 16.0 Å². The Bertz CT molecular complexity index is 1170. The zero-order chi connectivity index (χ0) is 18.6. The summed E-state index contributed by atoms with van der Waals surface area (Å²) in [5.74, 6) is -0.363. The van der Waals surface area contributed by atoms with Gasteiger partial charge < -0.3 is 15.0 Å². The molecule has 0 unspecified atom stereocenters. The van der Waals surface area contributed by atoms with Crippen molar-refractivity contribution in [2.75, 3.05) is 4.90 Å². The SMILES string of the molecule is O=C1N(Cc2cccs2)c2ccc(Cl)cc2[C@@]1(O)c1c[nH]c2ccccc12. The van der Waals surface area contributed by atoms with Crippen molar-refractivity contribution in [1.82, 2.24) is 4.98 Å². The lowest BCUT2D eigenvalue weighted by molar-refractivity contribution is -0.132. The van der Waals surface area contributed by atoms with Crippen LogP contribution in [0, 0.1) is 0 Å². The van der Waals surface area contributed by atoms with Gasteiger partial charge in [-0.1, -0.05) is 35.9 Å². The summed E-state index contributed by atoms with van der Waals surface area (Å²) in [5.41, 5.74) is 0.832. The fourth-order valence-electron chi connectivity index (χ4n) is 3.80. The normalized spacial score (nSPS) is 19.0. The van der Waals surface area contributed by atoms with Crippen molar-refractivity contribution < 1.29 is 9.90 Å². The van der Waals surface area contributed by atoms with Gasteiger partial charge >= 0.3 is 0 Å². The van der Waals surface area contributed by atoms with E-state index in [1.165, 1.54) is 0 Å². The van der Waals surface area contributed by atoms with Gasteiger partial charge in [-0.15, -0.1) is 11.3 Å². The van der Waals surface area contributed by atoms with E-state index in [1.807, 2.05) is 41.8 Å². The minimum absolute atomic E-state index is 0.363. The molecule has 2 aromatic heterocycles. The number of carbonyl (C=O) groups excluding carboxylic acids is 1. The highest BCUT2D eigenvalue weighted by Gasteiger charge is 2.52. The Hall–Kier alpha value is -2.60. The van der Waals surface area contributed by atoms with Crippen molar-refractivity contribution in [3.05, 3.63) is 87.2 Å². The van der Waals surface area contributed by atoms with Crippen LogP contribution >= 0.6 is 22.9 Å². The third kappa shape index (κ3) is 2.36. The first-order chi connectivity index (χ1) is 13.1. The minimum atomic E-state index is -1.78. The number of hydrogen-bond acceptors (Lipinski definition) is 3. The molecule has 1 atom stereocenters. The number of aromatic nitrogens is 1. The van der Waals surface area contributed by atoms with E-state index in [2.05, 4.69) is 4.98 Å². The van der Waals surface area contributed by atoms with Gasteiger partial charge in [0.05, 0.1) is 12.2 Å². The van der Waals surface area contributed by atoms with E-state index in [0.29, 0.717) is 28.4 Å². The quantitative estimate of drug-likeness (QED) is 0.530. The summed E-state index contributed by atoms with van der Waals surface area (Å²) < 4.78 is 0. The standard InChI is InChI=1S/C21H15ClN2O2S/c22-13-7-8-19-16(10-13)21(26,17-11-23-18-6-2-1-5-15(17)18)20(25)24(19)12-14-4-3-9-27-14/h1-11,23,26H,12H2/t21-/m1/s1. The molecule has 0 saturated heterocycles. The Morgan fingerprint density at radius 2 is 1.96 bits per heavy atom. The number of H-pyrrole nitrogens is 1. The van der Waals surface area contributed by atoms with Crippen LogP contribution in [0.25, 0.3) is 10.9 Å². The summed E-state index contributed by atoms with van der Waals surface area (Å²) in [4.78, 5) is 19.3. The number of thiophene rings is 1. The number of fused-ring (bicyclic) bond motifs is 2. The Morgan fingerprint density at radius 3 is 2.78 bits per heavy atom. The molecule has 2 N–H and O–H groups in total. The van der Waals surface area contributed by atoms with Gasteiger partial charge in [-0.05, 0) is 35.7 Å².